The lowest BCUT2D eigenvalue weighted by atomic mass is 10.3. The molecule has 1 saturated carbocycles. The maximum Gasteiger partial charge on any atom is 0.0540 e. The van der Waals surface area contributed by atoms with Gasteiger partial charge in [0.05, 0.1) is 6.10 Å². The third-order valence-electron chi connectivity index (χ3n) is 1.32. The maximum absolute atomic E-state index is 8.73. The van der Waals surface area contributed by atoms with Gasteiger partial charge in [-0.05, 0) is 12.8 Å². The molecule has 1 atom stereocenters. The van der Waals surface area contributed by atoms with Crippen LogP contribution in [0.25, 0.3) is 0 Å². The average molecular weight is 152 g/mol. The van der Waals surface area contributed by atoms with E-state index in [0.717, 1.165) is 12.8 Å². The van der Waals surface area contributed by atoms with Crippen molar-refractivity contribution < 1.29 is 5.11 Å². The summed E-state index contributed by atoms with van der Waals surface area (Å²) >= 11 is 3.44. The normalized spacial score (nSPS) is 19.9. The van der Waals surface area contributed by atoms with Crippen LogP contribution in [0.5, 0.6) is 0 Å². The molecule has 0 amide bonds. The molecule has 0 aromatic heterocycles. The van der Waals surface area contributed by atoms with Crippen LogP contribution in [-0.4, -0.2) is 11.2 Å². The minimum absolute atomic E-state index is 0.0463. The van der Waals surface area contributed by atoms with Gasteiger partial charge in [0.1, 0.15) is 0 Å². The molecule has 8 heavy (non-hydrogen) atoms. The lowest BCUT2D eigenvalue weighted by Crippen LogP contribution is -1.94. The van der Waals surface area contributed by atoms with Crippen LogP contribution in [0.1, 0.15) is 25.7 Å². The molecule has 1 fully saturated rings. The lowest BCUT2D eigenvalue weighted by molar-refractivity contribution is 0.183. The smallest absolute Gasteiger partial charge is 0.0540 e. The summed E-state index contributed by atoms with van der Waals surface area (Å²) < 4.78 is 0. The predicted octanol–water partition coefficient (Wildman–Crippen LogP) is 1.63. The second-order valence-corrected chi connectivity index (χ2v) is 1.94. The standard InChI is InChI=1S/C5H10O.H3PS/c6-5-3-1-2-4-5;1-2/h5-6H,1-4H2;2H,1H2. The topological polar surface area (TPSA) is 20.2 Å². The number of hydrogen-bond donors (Lipinski definition) is 2. The molecule has 50 valence electrons. The van der Waals surface area contributed by atoms with Crippen molar-refractivity contribution in [2.45, 2.75) is 31.8 Å². The summed E-state index contributed by atoms with van der Waals surface area (Å²) in [7, 11) is 2.11. The molecule has 1 unspecified atom stereocenters. The molecular weight excluding hydrogens is 139 g/mol. The summed E-state index contributed by atoms with van der Waals surface area (Å²) in [5, 5.41) is 8.73. The minimum atomic E-state index is 0.0463. The molecular formula is C5H13OPS. The van der Waals surface area contributed by atoms with E-state index >= 15 is 0 Å². The average Bonchev–Trinajstić information content (AvgIpc) is 2.24. The molecule has 0 radical (unpaired) electrons. The summed E-state index contributed by atoms with van der Waals surface area (Å²) in [6.07, 6.45) is 4.60. The molecule has 0 aliphatic heterocycles. The molecule has 3 heteroatoms. The van der Waals surface area contributed by atoms with Gasteiger partial charge in [0.2, 0.25) is 0 Å². The van der Waals surface area contributed by atoms with Gasteiger partial charge in [-0.3, -0.25) is 0 Å². The zero-order valence-electron chi connectivity index (χ0n) is 4.88. The summed E-state index contributed by atoms with van der Waals surface area (Å²) in [6.45, 7) is 0. The summed E-state index contributed by atoms with van der Waals surface area (Å²) in [4.78, 5) is 0. The molecule has 0 aromatic carbocycles. The van der Waals surface area contributed by atoms with Crippen LogP contribution >= 0.6 is 20.7 Å². The Kier molecular flexibility index (Phi) is 6.41. The van der Waals surface area contributed by atoms with Crippen LogP contribution in [0, 0.1) is 0 Å². The van der Waals surface area contributed by atoms with Crippen molar-refractivity contribution in [3.05, 3.63) is 0 Å². The van der Waals surface area contributed by atoms with Gasteiger partial charge < -0.3 is 5.11 Å². The third kappa shape index (κ3) is 3.71. The van der Waals surface area contributed by atoms with E-state index in [4.69, 9.17) is 5.11 Å². The van der Waals surface area contributed by atoms with E-state index in [-0.39, 0.29) is 6.10 Å². The van der Waals surface area contributed by atoms with E-state index in [0.29, 0.717) is 0 Å². The molecule has 0 saturated heterocycles. The van der Waals surface area contributed by atoms with E-state index in [1.165, 1.54) is 12.8 Å². The highest BCUT2D eigenvalue weighted by Gasteiger charge is 2.09. The van der Waals surface area contributed by atoms with Crippen molar-refractivity contribution in [2.75, 3.05) is 0 Å². The van der Waals surface area contributed by atoms with E-state index < -0.39 is 0 Å². The van der Waals surface area contributed by atoms with Crippen LogP contribution in [-0.2, 0) is 0 Å². The number of aliphatic hydroxyl groups excluding tert-OH is 1. The first kappa shape index (κ1) is 8.74. The fourth-order valence-corrected chi connectivity index (χ4v) is 0.904. The van der Waals surface area contributed by atoms with Gasteiger partial charge in [-0.25, -0.2) is 0 Å². The second-order valence-electron chi connectivity index (χ2n) is 1.94. The first-order valence-electron chi connectivity index (χ1n) is 2.83. The molecule has 0 heterocycles. The number of thiol groups is 1. The Morgan fingerprint density at radius 3 is 1.75 bits per heavy atom. The fraction of sp³-hybridized carbons (Fsp3) is 1.00. The zero-order valence-corrected chi connectivity index (χ0v) is 6.93. The van der Waals surface area contributed by atoms with Gasteiger partial charge in [0, 0.05) is 0 Å². The molecule has 0 bridgehead atoms. The Balaban J connectivity index is 0.000000222. The maximum atomic E-state index is 8.73. The molecule has 0 aromatic rings. The van der Waals surface area contributed by atoms with E-state index in [2.05, 4.69) is 20.7 Å². The van der Waals surface area contributed by atoms with Crippen molar-refractivity contribution in [3.8, 4) is 0 Å². The second kappa shape index (κ2) is 5.87. The Bertz CT molecular complexity index is 45.7. The number of hydrogen-bond acceptors (Lipinski definition) is 2. The Hall–Kier alpha value is 0.740. The van der Waals surface area contributed by atoms with E-state index in [9.17, 15) is 0 Å². The van der Waals surface area contributed by atoms with E-state index in [1.54, 1.807) is 0 Å². The number of rotatable bonds is 0. The molecule has 1 nitrogen and oxygen atoms in total. The summed E-state index contributed by atoms with van der Waals surface area (Å²) in [5.41, 5.74) is 0. The van der Waals surface area contributed by atoms with Gasteiger partial charge in [-0.2, -0.15) is 12.2 Å². The first-order chi connectivity index (χ1) is 3.89. The predicted molar refractivity (Wildman–Crippen MR) is 43.2 cm³/mol. The Morgan fingerprint density at radius 1 is 1.25 bits per heavy atom. The highest BCUT2D eigenvalue weighted by Crippen LogP contribution is 2.16. The third-order valence-corrected chi connectivity index (χ3v) is 1.32. The van der Waals surface area contributed by atoms with Gasteiger partial charge >= 0.3 is 0 Å². The van der Waals surface area contributed by atoms with Gasteiger partial charge in [-0.15, -0.1) is 0 Å². The minimum Gasteiger partial charge on any atom is -0.393 e. The first-order valence-corrected chi connectivity index (χ1v) is 4.90. The fourth-order valence-electron chi connectivity index (χ4n) is 0.904. The number of aliphatic hydroxyl groups is 1. The molecule has 1 aliphatic rings. The van der Waals surface area contributed by atoms with Crippen molar-refractivity contribution in [2.24, 2.45) is 0 Å². The van der Waals surface area contributed by atoms with Crippen LogP contribution in [0.3, 0.4) is 0 Å². The molecule has 0 spiro atoms. The van der Waals surface area contributed by atoms with Crippen molar-refractivity contribution in [3.63, 3.8) is 0 Å². The van der Waals surface area contributed by atoms with Gasteiger partial charge in [0.25, 0.3) is 0 Å². The monoisotopic (exact) mass is 152 g/mol. The molecule has 1 N–H and O–H groups in total. The van der Waals surface area contributed by atoms with Crippen molar-refractivity contribution in [1.82, 2.24) is 0 Å². The van der Waals surface area contributed by atoms with Crippen LogP contribution in [0.2, 0.25) is 0 Å². The summed E-state index contributed by atoms with van der Waals surface area (Å²) in [6, 6.07) is 0. The highest BCUT2D eigenvalue weighted by atomic mass is 32.7. The van der Waals surface area contributed by atoms with Gasteiger partial charge in [0.15, 0.2) is 0 Å². The Morgan fingerprint density at radius 2 is 1.62 bits per heavy atom. The summed E-state index contributed by atoms with van der Waals surface area (Å²) in [5.74, 6) is 0. The largest absolute Gasteiger partial charge is 0.393 e. The van der Waals surface area contributed by atoms with Gasteiger partial charge in [-0.1, -0.05) is 21.3 Å². The van der Waals surface area contributed by atoms with Crippen LogP contribution in [0.15, 0.2) is 0 Å². The van der Waals surface area contributed by atoms with Crippen molar-refractivity contribution >= 4 is 20.7 Å². The van der Waals surface area contributed by atoms with Crippen LogP contribution < -0.4 is 0 Å². The zero-order chi connectivity index (χ0) is 6.41. The molecule has 1 aliphatic carbocycles. The van der Waals surface area contributed by atoms with Crippen LogP contribution in [0.4, 0.5) is 0 Å². The quantitative estimate of drug-likeness (QED) is 0.399. The Labute approximate surface area is 58.2 Å². The lowest BCUT2D eigenvalue weighted by Gasteiger charge is -1.91. The van der Waals surface area contributed by atoms with E-state index in [1.807, 2.05) is 0 Å². The van der Waals surface area contributed by atoms with Crippen molar-refractivity contribution in [1.29, 1.82) is 0 Å². The SMILES string of the molecule is OC1CCCC1.PS. The highest BCUT2D eigenvalue weighted by molar-refractivity contribution is 8.31. The molecule has 1 rings (SSSR count).